The summed E-state index contributed by atoms with van der Waals surface area (Å²) in [6.45, 7) is 2.83. The zero-order valence-corrected chi connectivity index (χ0v) is 13.4. The third kappa shape index (κ3) is 3.31. The Kier molecular flexibility index (Phi) is 4.51. The molecule has 1 atom stereocenters. The van der Waals surface area contributed by atoms with Gasteiger partial charge >= 0.3 is 0 Å². The zero-order chi connectivity index (χ0) is 16.2. The second-order valence-electron chi connectivity index (χ2n) is 5.87. The van der Waals surface area contributed by atoms with Crippen molar-refractivity contribution in [1.82, 2.24) is 0 Å². The van der Waals surface area contributed by atoms with Crippen LogP contribution in [0.25, 0.3) is 0 Å². The molecule has 1 aliphatic heterocycles. The van der Waals surface area contributed by atoms with Crippen molar-refractivity contribution in [3.8, 4) is 5.75 Å². The first-order valence-electron chi connectivity index (χ1n) is 8.10. The molecule has 4 nitrogen and oxygen atoms in total. The lowest BCUT2D eigenvalue weighted by Gasteiger charge is -2.34. The lowest BCUT2D eigenvalue weighted by Crippen LogP contribution is -2.47. The molecule has 0 saturated heterocycles. The molecule has 23 heavy (non-hydrogen) atoms. The maximum atomic E-state index is 12.9. The predicted molar refractivity (Wildman–Crippen MR) is 92.7 cm³/mol. The van der Waals surface area contributed by atoms with E-state index in [-0.39, 0.29) is 5.91 Å². The Balaban J connectivity index is 1.89. The maximum Gasteiger partial charge on any atom is 0.268 e. The average Bonchev–Trinajstić information content (AvgIpc) is 2.56. The fourth-order valence-corrected chi connectivity index (χ4v) is 2.85. The van der Waals surface area contributed by atoms with Crippen molar-refractivity contribution in [2.75, 3.05) is 17.2 Å². The number of nitrogen functional groups attached to an aromatic ring is 1. The van der Waals surface area contributed by atoms with E-state index in [1.54, 1.807) is 6.07 Å². The van der Waals surface area contributed by atoms with Gasteiger partial charge in [-0.1, -0.05) is 43.7 Å². The van der Waals surface area contributed by atoms with Gasteiger partial charge < -0.3 is 15.4 Å². The highest BCUT2D eigenvalue weighted by Gasteiger charge is 2.34. The van der Waals surface area contributed by atoms with Crippen LogP contribution in [0.4, 0.5) is 11.4 Å². The van der Waals surface area contributed by atoms with Crippen LogP contribution < -0.4 is 15.4 Å². The van der Waals surface area contributed by atoms with E-state index < -0.39 is 6.10 Å². The molecule has 0 aromatic heterocycles. The van der Waals surface area contributed by atoms with Gasteiger partial charge in [0.05, 0.1) is 5.69 Å². The first-order valence-corrected chi connectivity index (χ1v) is 8.10. The van der Waals surface area contributed by atoms with E-state index in [4.69, 9.17) is 10.5 Å². The molecule has 4 heteroatoms. The molecule has 1 amide bonds. The summed E-state index contributed by atoms with van der Waals surface area (Å²) in [4.78, 5) is 14.7. The minimum atomic E-state index is -0.497. The molecule has 3 rings (SSSR count). The van der Waals surface area contributed by atoms with Gasteiger partial charge in [-0.25, -0.2) is 0 Å². The summed E-state index contributed by atoms with van der Waals surface area (Å²) in [6.07, 6.45) is 2.08. The van der Waals surface area contributed by atoms with Crippen LogP contribution in [-0.2, 0) is 11.2 Å². The van der Waals surface area contributed by atoms with E-state index in [1.807, 2.05) is 47.4 Å². The summed E-state index contributed by atoms with van der Waals surface area (Å²) in [7, 11) is 0. The van der Waals surface area contributed by atoms with Crippen LogP contribution in [0.3, 0.4) is 0 Å². The Bertz CT molecular complexity index is 685. The third-order valence-corrected chi connectivity index (χ3v) is 4.08. The van der Waals surface area contributed by atoms with Crippen LogP contribution in [0, 0.1) is 0 Å². The van der Waals surface area contributed by atoms with Crippen LogP contribution >= 0.6 is 0 Å². The largest absolute Gasteiger partial charge is 0.478 e. The Hall–Kier alpha value is -2.49. The highest BCUT2D eigenvalue weighted by molar-refractivity contribution is 6.00. The number of ether oxygens (including phenoxy) is 1. The van der Waals surface area contributed by atoms with Crippen molar-refractivity contribution in [3.05, 3.63) is 54.1 Å². The van der Waals surface area contributed by atoms with Gasteiger partial charge in [-0.3, -0.25) is 4.79 Å². The SMILES string of the molecule is CCCCN1C(=O)C(Cc2ccccc2)Oc2cc(N)ccc21. The fraction of sp³-hybridized carbons (Fsp3) is 0.316. The van der Waals surface area contributed by atoms with E-state index in [2.05, 4.69) is 6.92 Å². The van der Waals surface area contributed by atoms with Gasteiger partial charge in [-0.05, 0) is 24.1 Å². The molecule has 1 unspecified atom stereocenters. The highest BCUT2D eigenvalue weighted by Crippen LogP contribution is 2.36. The number of benzene rings is 2. The number of carbonyl (C=O) groups excluding carboxylic acids is 1. The third-order valence-electron chi connectivity index (χ3n) is 4.08. The lowest BCUT2D eigenvalue weighted by molar-refractivity contribution is -0.126. The number of rotatable bonds is 5. The van der Waals surface area contributed by atoms with Crippen LogP contribution in [0.2, 0.25) is 0 Å². The number of nitrogens with two attached hydrogens (primary N) is 1. The van der Waals surface area contributed by atoms with Gasteiger partial charge in [-0.15, -0.1) is 0 Å². The van der Waals surface area contributed by atoms with Gasteiger partial charge in [0, 0.05) is 24.7 Å². The van der Waals surface area contributed by atoms with Crippen molar-refractivity contribution < 1.29 is 9.53 Å². The molecule has 1 heterocycles. The molecular weight excluding hydrogens is 288 g/mol. The summed E-state index contributed by atoms with van der Waals surface area (Å²) < 4.78 is 5.97. The van der Waals surface area contributed by atoms with E-state index in [0.717, 1.165) is 24.1 Å². The second kappa shape index (κ2) is 6.73. The summed E-state index contributed by atoms with van der Waals surface area (Å²) in [5.41, 5.74) is 8.43. The molecule has 0 spiro atoms. The number of fused-ring (bicyclic) bond motifs is 1. The van der Waals surface area contributed by atoms with E-state index in [1.165, 1.54) is 0 Å². The molecule has 2 aromatic rings. The number of hydrogen-bond acceptors (Lipinski definition) is 3. The van der Waals surface area contributed by atoms with Crippen molar-refractivity contribution in [3.63, 3.8) is 0 Å². The standard InChI is InChI=1S/C19H22N2O2/c1-2-3-11-21-16-10-9-15(20)13-17(16)23-18(19(21)22)12-14-7-5-4-6-8-14/h4-10,13,18H,2-3,11-12,20H2,1H3. The topological polar surface area (TPSA) is 55.6 Å². The Morgan fingerprint density at radius 3 is 2.70 bits per heavy atom. The normalized spacial score (nSPS) is 16.8. The van der Waals surface area contributed by atoms with Crippen molar-refractivity contribution in [2.24, 2.45) is 0 Å². The number of nitrogens with zero attached hydrogens (tertiary/aromatic N) is 1. The van der Waals surface area contributed by atoms with Crippen LogP contribution in [0.15, 0.2) is 48.5 Å². The first kappa shape index (κ1) is 15.4. The molecule has 0 saturated carbocycles. The van der Waals surface area contributed by atoms with Crippen molar-refractivity contribution in [2.45, 2.75) is 32.3 Å². The maximum absolute atomic E-state index is 12.9. The Labute approximate surface area is 136 Å². The van der Waals surface area contributed by atoms with E-state index >= 15 is 0 Å². The first-order chi connectivity index (χ1) is 11.2. The quantitative estimate of drug-likeness (QED) is 0.861. The van der Waals surface area contributed by atoms with Crippen molar-refractivity contribution >= 4 is 17.3 Å². The number of carbonyl (C=O) groups is 1. The van der Waals surface area contributed by atoms with Gasteiger partial charge in [0.2, 0.25) is 0 Å². The molecule has 0 aliphatic carbocycles. The van der Waals surface area contributed by atoms with Gasteiger partial charge in [0.15, 0.2) is 6.10 Å². The van der Waals surface area contributed by atoms with Crippen LogP contribution in [0.5, 0.6) is 5.75 Å². The fourth-order valence-electron chi connectivity index (χ4n) is 2.85. The smallest absolute Gasteiger partial charge is 0.268 e. The van der Waals surface area contributed by atoms with Gasteiger partial charge in [0.25, 0.3) is 5.91 Å². The summed E-state index contributed by atoms with van der Waals surface area (Å²) in [6, 6.07) is 15.4. The zero-order valence-electron chi connectivity index (χ0n) is 13.4. The van der Waals surface area contributed by atoms with Gasteiger partial charge in [0.1, 0.15) is 5.75 Å². The minimum absolute atomic E-state index is 0.0274. The molecule has 120 valence electrons. The molecule has 2 N–H and O–H groups in total. The van der Waals surface area contributed by atoms with Crippen LogP contribution in [0.1, 0.15) is 25.3 Å². The molecule has 1 aliphatic rings. The van der Waals surface area contributed by atoms with Crippen LogP contribution in [-0.4, -0.2) is 18.6 Å². The monoisotopic (exact) mass is 310 g/mol. The summed E-state index contributed by atoms with van der Waals surface area (Å²) >= 11 is 0. The number of amides is 1. The molecule has 0 fully saturated rings. The highest BCUT2D eigenvalue weighted by atomic mass is 16.5. The lowest BCUT2D eigenvalue weighted by atomic mass is 10.0. The Morgan fingerprint density at radius 2 is 1.96 bits per heavy atom. The molecule has 0 radical (unpaired) electrons. The summed E-state index contributed by atoms with van der Waals surface area (Å²) in [5, 5.41) is 0. The Morgan fingerprint density at radius 1 is 1.17 bits per heavy atom. The average molecular weight is 310 g/mol. The molecule has 0 bridgehead atoms. The number of anilines is 2. The van der Waals surface area contributed by atoms with E-state index in [9.17, 15) is 4.79 Å². The molecular formula is C19H22N2O2. The van der Waals surface area contributed by atoms with Gasteiger partial charge in [-0.2, -0.15) is 0 Å². The predicted octanol–water partition coefficient (Wildman–Crippen LogP) is 3.41. The minimum Gasteiger partial charge on any atom is -0.478 e. The van der Waals surface area contributed by atoms with Crippen molar-refractivity contribution in [1.29, 1.82) is 0 Å². The van der Waals surface area contributed by atoms with E-state index in [0.29, 0.717) is 24.4 Å². The number of hydrogen-bond donors (Lipinski definition) is 1. The molecule has 2 aromatic carbocycles. The number of unbranched alkanes of at least 4 members (excludes halogenated alkanes) is 1. The summed E-state index contributed by atoms with van der Waals surface area (Å²) in [5.74, 6) is 0.723. The second-order valence-corrected chi connectivity index (χ2v) is 5.87.